The number of nitrogens with two attached hydrogens (primary N) is 2. The Morgan fingerprint density at radius 3 is 2.67 bits per heavy atom. The van der Waals surface area contributed by atoms with Gasteiger partial charge in [-0.2, -0.15) is 0 Å². The Balaban J connectivity index is 1.58. The molecule has 5 N–H and O–H groups in total. The standard InChI is InChI=1S/C24H26FN5O3/c25-20-7-17-21(31)19(24(32)33)12-30(16-4-5-16)22(17)28-23(20)29-10-15(9-27)18(11-29)14-3-1-2-13(6-14)8-26/h1-3,6-7,12,15-16,18H,4-5,8-11,26-27H2,(H,32,33)/t15-,18+/m0/s1. The van der Waals surface area contributed by atoms with Gasteiger partial charge < -0.3 is 26.0 Å². The quantitative estimate of drug-likeness (QED) is 0.524. The van der Waals surface area contributed by atoms with Gasteiger partial charge in [-0.1, -0.05) is 24.3 Å². The number of carboxylic acids is 1. The number of fused-ring (bicyclic) bond motifs is 1. The lowest BCUT2D eigenvalue weighted by atomic mass is 9.88. The molecule has 8 nitrogen and oxygen atoms in total. The maximum Gasteiger partial charge on any atom is 0.341 e. The van der Waals surface area contributed by atoms with Crippen LogP contribution in [0.3, 0.4) is 0 Å². The van der Waals surface area contributed by atoms with Crippen molar-refractivity contribution in [2.24, 2.45) is 17.4 Å². The fourth-order valence-corrected chi connectivity index (χ4v) is 4.85. The molecule has 1 saturated heterocycles. The number of anilines is 1. The van der Waals surface area contributed by atoms with E-state index in [1.165, 1.54) is 6.20 Å². The second-order valence-electron chi connectivity index (χ2n) is 8.94. The van der Waals surface area contributed by atoms with Gasteiger partial charge in [0.2, 0.25) is 5.43 Å². The first-order chi connectivity index (χ1) is 15.9. The van der Waals surface area contributed by atoms with E-state index in [0.29, 0.717) is 31.8 Å². The van der Waals surface area contributed by atoms with Crippen LogP contribution in [-0.2, 0) is 6.54 Å². The first-order valence-corrected chi connectivity index (χ1v) is 11.1. The first kappa shape index (κ1) is 21.5. The molecule has 5 rings (SSSR count). The summed E-state index contributed by atoms with van der Waals surface area (Å²) in [6, 6.07) is 9.25. The van der Waals surface area contributed by atoms with Gasteiger partial charge in [-0.15, -0.1) is 0 Å². The van der Waals surface area contributed by atoms with Crippen molar-refractivity contribution in [1.29, 1.82) is 0 Å². The number of aromatic carboxylic acids is 1. The maximum atomic E-state index is 15.3. The number of nitrogens with zero attached hydrogens (tertiary/aromatic N) is 3. The van der Waals surface area contributed by atoms with Crippen molar-refractivity contribution in [1.82, 2.24) is 9.55 Å². The molecule has 1 aromatic carbocycles. The third-order valence-corrected chi connectivity index (χ3v) is 6.77. The van der Waals surface area contributed by atoms with Crippen LogP contribution in [0, 0.1) is 11.7 Å². The number of halogens is 1. The number of hydrogen-bond donors (Lipinski definition) is 3. The average Bonchev–Trinajstić information content (AvgIpc) is 3.57. The fourth-order valence-electron chi connectivity index (χ4n) is 4.85. The van der Waals surface area contributed by atoms with Crippen LogP contribution < -0.4 is 21.8 Å². The highest BCUT2D eigenvalue weighted by Crippen LogP contribution is 2.39. The number of carboxylic acid groups (broad SMARTS) is 1. The summed E-state index contributed by atoms with van der Waals surface area (Å²) < 4.78 is 17.0. The molecule has 1 aliphatic carbocycles. The Morgan fingerprint density at radius 2 is 2.00 bits per heavy atom. The minimum atomic E-state index is -1.33. The summed E-state index contributed by atoms with van der Waals surface area (Å²) >= 11 is 0. The topological polar surface area (TPSA) is 127 Å². The minimum absolute atomic E-state index is 0.00943. The van der Waals surface area contributed by atoms with E-state index < -0.39 is 17.2 Å². The third-order valence-electron chi connectivity index (χ3n) is 6.77. The Morgan fingerprint density at radius 1 is 1.21 bits per heavy atom. The molecule has 2 atom stereocenters. The van der Waals surface area contributed by atoms with Crippen LogP contribution in [0.1, 0.15) is 46.3 Å². The van der Waals surface area contributed by atoms with Gasteiger partial charge in [0.25, 0.3) is 0 Å². The van der Waals surface area contributed by atoms with Crippen LogP contribution in [0.4, 0.5) is 10.2 Å². The molecule has 3 aromatic rings. The molecule has 0 spiro atoms. The Bertz CT molecular complexity index is 1300. The van der Waals surface area contributed by atoms with Gasteiger partial charge in [-0.05, 0) is 42.5 Å². The van der Waals surface area contributed by atoms with Crippen molar-refractivity contribution in [3.05, 3.63) is 69.3 Å². The van der Waals surface area contributed by atoms with Crippen LogP contribution in [-0.4, -0.2) is 40.3 Å². The molecule has 1 saturated carbocycles. The van der Waals surface area contributed by atoms with Crippen molar-refractivity contribution in [3.63, 3.8) is 0 Å². The number of pyridine rings is 2. The second-order valence-corrected chi connectivity index (χ2v) is 8.94. The number of benzene rings is 1. The predicted octanol–water partition coefficient (Wildman–Crippen LogP) is 2.21. The Kier molecular flexibility index (Phi) is 5.38. The molecule has 3 heterocycles. The average molecular weight is 452 g/mol. The van der Waals surface area contributed by atoms with E-state index in [-0.39, 0.29) is 34.6 Å². The number of hydrogen-bond acceptors (Lipinski definition) is 6. The molecule has 33 heavy (non-hydrogen) atoms. The number of carbonyl (C=O) groups is 1. The lowest BCUT2D eigenvalue weighted by Gasteiger charge is -2.20. The van der Waals surface area contributed by atoms with E-state index in [9.17, 15) is 14.7 Å². The molecule has 172 valence electrons. The monoisotopic (exact) mass is 451 g/mol. The lowest BCUT2D eigenvalue weighted by molar-refractivity contribution is 0.0695. The fraction of sp³-hybridized carbons (Fsp3) is 0.375. The number of aromatic nitrogens is 2. The summed E-state index contributed by atoms with van der Waals surface area (Å²) in [5, 5.41) is 9.41. The molecule has 0 amide bonds. The largest absolute Gasteiger partial charge is 0.477 e. The SMILES string of the molecule is NCc1cccc([C@H]2CN(c3nc4c(cc3F)c(=O)c(C(=O)O)cn4C3CC3)C[C@@H]2CN)c1. The minimum Gasteiger partial charge on any atom is -0.477 e. The summed E-state index contributed by atoms with van der Waals surface area (Å²) in [4.78, 5) is 30.7. The summed E-state index contributed by atoms with van der Waals surface area (Å²) in [6.45, 7) is 1.95. The molecule has 9 heteroatoms. The van der Waals surface area contributed by atoms with Gasteiger partial charge in [0.15, 0.2) is 11.6 Å². The van der Waals surface area contributed by atoms with Crippen molar-refractivity contribution >= 4 is 22.8 Å². The molecular weight excluding hydrogens is 425 g/mol. The summed E-state index contributed by atoms with van der Waals surface area (Å²) in [6.07, 6.45) is 3.07. The third kappa shape index (κ3) is 3.77. The molecule has 2 fully saturated rings. The second kappa shape index (κ2) is 8.24. The summed E-state index contributed by atoms with van der Waals surface area (Å²) in [5.41, 5.74) is 13.2. The van der Waals surface area contributed by atoms with Crippen molar-refractivity contribution in [2.45, 2.75) is 31.3 Å². The predicted molar refractivity (Wildman–Crippen MR) is 123 cm³/mol. The van der Waals surface area contributed by atoms with E-state index in [0.717, 1.165) is 30.0 Å². The van der Waals surface area contributed by atoms with Crippen molar-refractivity contribution in [3.8, 4) is 0 Å². The van der Waals surface area contributed by atoms with E-state index in [2.05, 4.69) is 11.1 Å². The molecule has 2 aromatic heterocycles. The van der Waals surface area contributed by atoms with Crippen LogP contribution in [0.25, 0.3) is 11.0 Å². The summed E-state index contributed by atoms with van der Waals surface area (Å²) in [7, 11) is 0. The van der Waals surface area contributed by atoms with Gasteiger partial charge in [0.1, 0.15) is 11.2 Å². The highest BCUT2D eigenvalue weighted by atomic mass is 19.1. The zero-order valence-corrected chi connectivity index (χ0v) is 18.1. The number of rotatable bonds is 6. The van der Waals surface area contributed by atoms with E-state index in [1.807, 2.05) is 23.1 Å². The van der Waals surface area contributed by atoms with Crippen LogP contribution in [0.15, 0.2) is 41.3 Å². The van der Waals surface area contributed by atoms with E-state index >= 15 is 4.39 Å². The van der Waals surface area contributed by atoms with Gasteiger partial charge in [-0.25, -0.2) is 14.2 Å². The van der Waals surface area contributed by atoms with Gasteiger partial charge in [0.05, 0.1) is 5.39 Å². The molecule has 0 bridgehead atoms. The molecule has 2 aliphatic rings. The highest BCUT2D eigenvalue weighted by molar-refractivity contribution is 5.92. The van der Waals surface area contributed by atoms with Crippen molar-refractivity contribution in [2.75, 3.05) is 24.5 Å². The molecule has 0 unspecified atom stereocenters. The van der Waals surface area contributed by atoms with Gasteiger partial charge in [0, 0.05) is 37.8 Å². The smallest absolute Gasteiger partial charge is 0.341 e. The van der Waals surface area contributed by atoms with E-state index in [1.54, 1.807) is 4.57 Å². The van der Waals surface area contributed by atoms with E-state index in [4.69, 9.17) is 11.5 Å². The van der Waals surface area contributed by atoms with Crippen LogP contribution >= 0.6 is 0 Å². The lowest BCUT2D eigenvalue weighted by Crippen LogP contribution is -2.26. The zero-order valence-electron chi connectivity index (χ0n) is 18.1. The van der Waals surface area contributed by atoms with Crippen LogP contribution in [0.2, 0.25) is 0 Å². The zero-order chi connectivity index (χ0) is 23.3. The first-order valence-electron chi connectivity index (χ1n) is 11.1. The molecule has 1 aliphatic heterocycles. The van der Waals surface area contributed by atoms with Crippen LogP contribution in [0.5, 0.6) is 0 Å². The van der Waals surface area contributed by atoms with Gasteiger partial charge in [-0.3, -0.25) is 4.79 Å². The normalized spacial score (nSPS) is 20.5. The Hall–Kier alpha value is -3.30. The molecule has 0 radical (unpaired) electrons. The summed E-state index contributed by atoms with van der Waals surface area (Å²) in [5.74, 6) is -1.60. The Labute approximate surface area is 189 Å². The molecular formula is C24H26FN5O3. The van der Waals surface area contributed by atoms with Gasteiger partial charge >= 0.3 is 5.97 Å². The van der Waals surface area contributed by atoms with Crippen molar-refractivity contribution < 1.29 is 14.3 Å². The highest BCUT2D eigenvalue weighted by Gasteiger charge is 2.36. The maximum absolute atomic E-state index is 15.3.